The van der Waals surface area contributed by atoms with Crippen LogP contribution in [0.25, 0.3) is 0 Å². The highest BCUT2D eigenvalue weighted by atomic mass is 15.1. The Balaban J connectivity index is 2.41. The van der Waals surface area contributed by atoms with E-state index in [0.717, 1.165) is 6.42 Å². The van der Waals surface area contributed by atoms with Crippen molar-refractivity contribution in [2.75, 3.05) is 18.5 Å². The molecule has 13 heavy (non-hydrogen) atoms. The van der Waals surface area contributed by atoms with Crippen LogP contribution in [0.1, 0.15) is 24.5 Å². The maximum atomic E-state index is 2.37. The van der Waals surface area contributed by atoms with E-state index < -0.39 is 0 Å². The highest BCUT2D eigenvalue weighted by Gasteiger charge is 2.12. The van der Waals surface area contributed by atoms with E-state index in [9.17, 15) is 0 Å². The average Bonchev–Trinajstić information content (AvgIpc) is 2.18. The summed E-state index contributed by atoms with van der Waals surface area (Å²) in [7, 11) is 2.19. The van der Waals surface area contributed by atoms with E-state index in [1.54, 1.807) is 0 Å². The Kier molecular flexibility index (Phi) is 2.26. The van der Waals surface area contributed by atoms with Crippen LogP contribution >= 0.6 is 0 Å². The van der Waals surface area contributed by atoms with Crippen molar-refractivity contribution < 1.29 is 0 Å². The van der Waals surface area contributed by atoms with Crippen molar-refractivity contribution in [2.24, 2.45) is 0 Å². The lowest BCUT2D eigenvalue weighted by molar-refractivity contribution is 0.743. The molecule has 0 fully saturated rings. The van der Waals surface area contributed by atoms with Crippen LogP contribution in [0, 0.1) is 0 Å². The summed E-state index contributed by atoms with van der Waals surface area (Å²) >= 11 is 0. The minimum Gasteiger partial charge on any atom is -0.374 e. The number of fused-ring (bicyclic) bond motifs is 1. The highest BCUT2D eigenvalue weighted by Crippen LogP contribution is 2.26. The summed E-state index contributed by atoms with van der Waals surface area (Å²) in [5.41, 5.74) is 4.42. The minimum absolute atomic E-state index is 1.14. The molecule has 70 valence electrons. The van der Waals surface area contributed by atoms with Crippen LogP contribution in [0.4, 0.5) is 5.69 Å². The Bertz CT molecular complexity index is 304. The van der Waals surface area contributed by atoms with Gasteiger partial charge in [-0.25, -0.2) is 0 Å². The fraction of sp³-hybridized carbons (Fsp3) is 0.500. The smallest absolute Gasteiger partial charge is 0.0398 e. The Hall–Kier alpha value is -0.980. The van der Waals surface area contributed by atoms with Gasteiger partial charge in [0.05, 0.1) is 0 Å². The molecule has 0 unspecified atom stereocenters. The quantitative estimate of drug-likeness (QED) is 0.634. The van der Waals surface area contributed by atoms with E-state index in [0.29, 0.717) is 0 Å². The molecule has 0 radical (unpaired) electrons. The molecular formula is C12H17N. The van der Waals surface area contributed by atoms with E-state index in [1.807, 2.05) is 0 Å². The fourth-order valence-electron chi connectivity index (χ4n) is 2.02. The zero-order chi connectivity index (χ0) is 9.26. The number of aryl methyl sites for hydroxylation is 2. The first-order valence-electron chi connectivity index (χ1n) is 5.14. The van der Waals surface area contributed by atoms with Crippen molar-refractivity contribution >= 4 is 5.69 Å². The van der Waals surface area contributed by atoms with E-state index in [4.69, 9.17) is 0 Å². The lowest BCUT2D eigenvalue weighted by atomic mass is 9.99. The van der Waals surface area contributed by atoms with Crippen LogP contribution in [0.3, 0.4) is 0 Å². The van der Waals surface area contributed by atoms with Gasteiger partial charge in [-0.15, -0.1) is 0 Å². The molecular weight excluding hydrogens is 158 g/mol. The maximum Gasteiger partial charge on any atom is 0.0398 e. The van der Waals surface area contributed by atoms with Gasteiger partial charge in [-0.2, -0.15) is 0 Å². The number of anilines is 1. The van der Waals surface area contributed by atoms with E-state index >= 15 is 0 Å². The first-order chi connectivity index (χ1) is 6.31. The molecule has 0 amide bonds. The van der Waals surface area contributed by atoms with Gasteiger partial charge in [0.2, 0.25) is 0 Å². The van der Waals surface area contributed by atoms with E-state index in [2.05, 4.69) is 37.1 Å². The summed E-state index contributed by atoms with van der Waals surface area (Å²) in [4.78, 5) is 2.37. The van der Waals surface area contributed by atoms with Crippen LogP contribution in [-0.2, 0) is 12.8 Å². The molecule has 0 saturated carbocycles. The molecule has 0 N–H and O–H groups in total. The first kappa shape index (κ1) is 8.61. The van der Waals surface area contributed by atoms with Gasteiger partial charge in [0.15, 0.2) is 0 Å². The molecule has 1 aliphatic heterocycles. The van der Waals surface area contributed by atoms with Crippen LogP contribution in [0.15, 0.2) is 18.2 Å². The predicted octanol–water partition coefficient (Wildman–Crippen LogP) is 2.63. The summed E-state index contributed by atoms with van der Waals surface area (Å²) in [5, 5.41) is 0. The van der Waals surface area contributed by atoms with Gasteiger partial charge in [0.25, 0.3) is 0 Å². The normalized spacial score (nSPS) is 15.7. The average molecular weight is 175 g/mol. The molecule has 1 aromatic rings. The first-order valence-corrected chi connectivity index (χ1v) is 5.14. The summed E-state index contributed by atoms with van der Waals surface area (Å²) < 4.78 is 0. The zero-order valence-corrected chi connectivity index (χ0v) is 8.51. The van der Waals surface area contributed by atoms with Crippen LogP contribution in [0.2, 0.25) is 0 Å². The van der Waals surface area contributed by atoms with Gasteiger partial charge in [-0.05, 0) is 36.5 Å². The third-order valence-electron chi connectivity index (χ3n) is 2.91. The third kappa shape index (κ3) is 1.55. The second-order valence-electron chi connectivity index (χ2n) is 3.84. The van der Waals surface area contributed by atoms with Gasteiger partial charge < -0.3 is 4.90 Å². The van der Waals surface area contributed by atoms with Gasteiger partial charge in [-0.3, -0.25) is 0 Å². The van der Waals surface area contributed by atoms with Crippen LogP contribution in [0.5, 0.6) is 0 Å². The second-order valence-corrected chi connectivity index (χ2v) is 3.84. The van der Waals surface area contributed by atoms with Crippen molar-refractivity contribution in [3.63, 3.8) is 0 Å². The van der Waals surface area contributed by atoms with Crippen LogP contribution in [-0.4, -0.2) is 13.6 Å². The molecule has 0 aromatic heterocycles. The molecule has 1 aliphatic rings. The van der Waals surface area contributed by atoms with Gasteiger partial charge in [0.1, 0.15) is 0 Å². The van der Waals surface area contributed by atoms with Crippen LogP contribution < -0.4 is 4.90 Å². The topological polar surface area (TPSA) is 3.24 Å². The maximum absolute atomic E-state index is 2.37. The summed E-state index contributed by atoms with van der Waals surface area (Å²) in [6.07, 6.45) is 3.69. The summed E-state index contributed by atoms with van der Waals surface area (Å²) in [6, 6.07) is 6.90. The highest BCUT2D eigenvalue weighted by molar-refractivity contribution is 5.56. The summed E-state index contributed by atoms with van der Waals surface area (Å²) in [5.74, 6) is 0. The standard InChI is InChI=1S/C12H17N/c1-3-10-6-7-11-5-4-8-13(2)12(11)9-10/h6-7,9H,3-5,8H2,1-2H3. The Morgan fingerprint density at radius 3 is 3.00 bits per heavy atom. The molecule has 0 atom stereocenters. The molecule has 1 aromatic carbocycles. The minimum atomic E-state index is 1.14. The van der Waals surface area contributed by atoms with Crippen molar-refractivity contribution in [1.82, 2.24) is 0 Å². The zero-order valence-electron chi connectivity index (χ0n) is 8.51. The lowest BCUT2D eigenvalue weighted by Gasteiger charge is -2.27. The SMILES string of the molecule is CCc1ccc2c(c1)N(C)CCC2. The largest absolute Gasteiger partial charge is 0.374 e. The molecule has 0 saturated heterocycles. The molecule has 1 heterocycles. The second kappa shape index (κ2) is 3.41. The Morgan fingerprint density at radius 2 is 2.23 bits per heavy atom. The monoisotopic (exact) mass is 175 g/mol. The number of rotatable bonds is 1. The fourth-order valence-corrected chi connectivity index (χ4v) is 2.02. The van der Waals surface area contributed by atoms with Gasteiger partial charge >= 0.3 is 0 Å². The molecule has 1 heteroatoms. The number of hydrogen-bond acceptors (Lipinski definition) is 1. The number of nitrogens with zero attached hydrogens (tertiary/aromatic N) is 1. The third-order valence-corrected chi connectivity index (χ3v) is 2.91. The number of hydrogen-bond donors (Lipinski definition) is 0. The van der Waals surface area contributed by atoms with Gasteiger partial charge in [0, 0.05) is 19.3 Å². The van der Waals surface area contributed by atoms with Crippen molar-refractivity contribution in [3.8, 4) is 0 Å². The summed E-state index contributed by atoms with van der Waals surface area (Å²) in [6.45, 7) is 3.42. The van der Waals surface area contributed by atoms with Crippen molar-refractivity contribution in [1.29, 1.82) is 0 Å². The molecule has 0 bridgehead atoms. The Morgan fingerprint density at radius 1 is 1.38 bits per heavy atom. The molecule has 1 nitrogen and oxygen atoms in total. The molecule has 0 aliphatic carbocycles. The Labute approximate surface area is 80.4 Å². The predicted molar refractivity (Wildman–Crippen MR) is 57.4 cm³/mol. The molecule has 2 rings (SSSR count). The van der Waals surface area contributed by atoms with Crippen molar-refractivity contribution in [2.45, 2.75) is 26.2 Å². The lowest BCUT2D eigenvalue weighted by Crippen LogP contribution is -2.24. The van der Waals surface area contributed by atoms with Gasteiger partial charge in [-0.1, -0.05) is 19.1 Å². The van der Waals surface area contributed by atoms with E-state index in [-0.39, 0.29) is 0 Å². The van der Waals surface area contributed by atoms with Crippen molar-refractivity contribution in [3.05, 3.63) is 29.3 Å². The van der Waals surface area contributed by atoms with E-state index in [1.165, 1.54) is 36.2 Å². The number of benzene rings is 1. The molecule has 0 spiro atoms.